The molecule has 2 aromatic carbocycles. The molecule has 0 heterocycles. The molecule has 0 amide bonds. The Bertz CT molecular complexity index is 645. The van der Waals surface area contributed by atoms with E-state index in [1.165, 1.54) is 6.07 Å². The third kappa shape index (κ3) is 3.30. The van der Waals surface area contributed by atoms with Crippen LogP contribution in [0.15, 0.2) is 40.9 Å². The van der Waals surface area contributed by atoms with Crippen LogP contribution in [0.25, 0.3) is 0 Å². The number of hydrogen-bond acceptors (Lipinski definition) is 2. The summed E-state index contributed by atoms with van der Waals surface area (Å²) in [5, 5.41) is 0. The van der Waals surface area contributed by atoms with E-state index in [2.05, 4.69) is 15.9 Å². The summed E-state index contributed by atoms with van der Waals surface area (Å²) >= 11 is 8.17. The first-order chi connectivity index (χ1) is 8.97. The van der Waals surface area contributed by atoms with E-state index in [-0.39, 0.29) is 10.7 Å². The molecule has 0 unspecified atom stereocenters. The second-order valence-electron chi connectivity index (χ2n) is 4.04. The first-order valence-corrected chi connectivity index (χ1v) is 6.71. The molecule has 0 atom stereocenters. The van der Waals surface area contributed by atoms with Crippen LogP contribution in [-0.4, -0.2) is 4.99 Å². The van der Waals surface area contributed by atoms with Crippen LogP contribution in [-0.2, 0) is 0 Å². The highest BCUT2D eigenvalue weighted by Gasteiger charge is 2.11. The third-order valence-electron chi connectivity index (χ3n) is 2.51. The smallest absolute Gasteiger partial charge is 0.166 e. The Morgan fingerprint density at radius 1 is 1.21 bits per heavy atom. The lowest BCUT2D eigenvalue weighted by molar-refractivity contribution is 0.441. The fourth-order valence-corrected chi connectivity index (χ4v) is 2.09. The van der Waals surface area contributed by atoms with Gasteiger partial charge in [-0.3, -0.25) is 0 Å². The lowest BCUT2D eigenvalue weighted by atomic mass is 10.1. The molecule has 0 aliphatic rings. The van der Waals surface area contributed by atoms with Gasteiger partial charge in [-0.15, -0.1) is 0 Å². The van der Waals surface area contributed by atoms with Gasteiger partial charge in [0.1, 0.15) is 10.7 Å². The molecule has 0 aliphatic heterocycles. The number of rotatable bonds is 3. The van der Waals surface area contributed by atoms with Gasteiger partial charge < -0.3 is 10.5 Å². The van der Waals surface area contributed by atoms with E-state index in [0.29, 0.717) is 15.8 Å². The van der Waals surface area contributed by atoms with Crippen molar-refractivity contribution in [2.75, 3.05) is 0 Å². The average Bonchev–Trinajstić information content (AvgIpc) is 2.34. The van der Waals surface area contributed by atoms with Crippen molar-refractivity contribution in [3.63, 3.8) is 0 Å². The highest BCUT2D eigenvalue weighted by molar-refractivity contribution is 9.10. The second-order valence-corrected chi connectivity index (χ2v) is 5.40. The number of hydrogen-bond donors (Lipinski definition) is 1. The standard InChI is InChI=1S/C14H11BrFNOS/c1-8-2-4-12(10(6-8)14(17)19)18-13-5-3-9(15)7-11(13)16/h2-7H,1H3,(H2,17,19). The molecule has 5 heteroatoms. The SMILES string of the molecule is Cc1ccc(Oc2ccc(Br)cc2F)c(C(N)=S)c1. The largest absolute Gasteiger partial charge is 0.454 e. The highest BCUT2D eigenvalue weighted by atomic mass is 79.9. The Labute approximate surface area is 124 Å². The first kappa shape index (κ1) is 14.0. The van der Waals surface area contributed by atoms with Crippen LogP contribution in [0, 0.1) is 12.7 Å². The summed E-state index contributed by atoms with van der Waals surface area (Å²) in [6.07, 6.45) is 0. The van der Waals surface area contributed by atoms with Gasteiger partial charge in [0.2, 0.25) is 0 Å². The molecule has 0 aromatic heterocycles. The fraction of sp³-hybridized carbons (Fsp3) is 0.0714. The van der Waals surface area contributed by atoms with Crippen molar-refractivity contribution in [3.8, 4) is 11.5 Å². The number of thiocarbonyl (C=S) groups is 1. The van der Waals surface area contributed by atoms with Crippen LogP contribution in [0.3, 0.4) is 0 Å². The van der Waals surface area contributed by atoms with Crippen molar-refractivity contribution in [1.82, 2.24) is 0 Å². The number of halogens is 2. The molecule has 0 bridgehead atoms. The molecule has 0 spiro atoms. The van der Waals surface area contributed by atoms with Gasteiger partial charge in [-0.2, -0.15) is 0 Å². The van der Waals surface area contributed by atoms with E-state index >= 15 is 0 Å². The number of aryl methyl sites for hydroxylation is 1. The Balaban J connectivity index is 2.40. The Morgan fingerprint density at radius 3 is 2.53 bits per heavy atom. The van der Waals surface area contributed by atoms with Crippen LogP contribution < -0.4 is 10.5 Å². The predicted octanol–water partition coefficient (Wildman–Crippen LogP) is 4.32. The van der Waals surface area contributed by atoms with Crippen molar-refractivity contribution >= 4 is 33.1 Å². The Kier molecular flexibility index (Phi) is 4.17. The van der Waals surface area contributed by atoms with E-state index < -0.39 is 5.82 Å². The average molecular weight is 340 g/mol. The van der Waals surface area contributed by atoms with Gasteiger partial charge >= 0.3 is 0 Å². The summed E-state index contributed by atoms with van der Waals surface area (Å²) in [5.41, 5.74) is 7.25. The van der Waals surface area contributed by atoms with Crippen LogP contribution >= 0.6 is 28.1 Å². The maximum atomic E-state index is 13.7. The van der Waals surface area contributed by atoms with E-state index in [9.17, 15) is 4.39 Å². The molecule has 2 N–H and O–H groups in total. The summed E-state index contributed by atoms with van der Waals surface area (Å²) in [4.78, 5) is 0.219. The van der Waals surface area contributed by atoms with Crippen LogP contribution in [0.1, 0.15) is 11.1 Å². The van der Waals surface area contributed by atoms with Crippen LogP contribution in [0.5, 0.6) is 11.5 Å². The van der Waals surface area contributed by atoms with Crippen molar-refractivity contribution in [2.45, 2.75) is 6.92 Å². The predicted molar refractivity (Wildman–Crippen MR) is 81.2 cm³/mol. The zero-order valence-electron chi connectivity index (χ0n) is 10.1. The monoisotopic (exact) mass is 339 g/mol. The molecular formula is C14H11BrFNOS. The Hall–Kier alpha value is -1.46. The van der Waals surface area contributed by atoms with Gasteiger partial charge in [0.05, 0.1) is 5.56 Å². The lowest BCUT2D eigenvalue weighted by Gasteiger charge is -2.11. The number of ether oxygens (including phenoxy) is 1. The molecule has 98 valence electrons. The zero-order chi connectivity index (χ0) is 14.0. The number of benzene rings is 2. The first-order valence-electron chi connectivity index (χ1n) is 5.51. The van der Waals surface area contributed by atoms with Crippen LogP contribution in [0.4, 0.5) is 4.39 Å². The second kappa shape index (κ2) is 5.67. The zero-order valence-corrected chi connectivity index (χ0v) is 12.5. The van der Waals surface area contributed by atoms with Crippen molar-refractivity contribution in [3.05, 3.63) is 57.8 Å². The maximum Gasteiger partial charge on any atom is 0.166 e. The van der Waals surface area contributed by atoms with Gasteiger partial charge in [-0.25, -0.2) is 4.39 Å². The van der Waals surface area contributed by atoms with Gasteiger partial charge in [0, 0.05) is 4.47 Å². The molecule has 0 saturated heterocycles. The van der Waals surface area contributed by atoms with Gasteiger partial charge in [-0.1, -0.05) is 39.8 Å². The molecule has 19 heavy (non-hydrogen) atoms. The highest BCUT2D eigenvalue weighted by Crippen LogP contribution is 2.29. The third-order valence-corrected chi connectivity index (χ3v) is 3.23. The van der Waals surface area contributed by atoms with Crippen molar-refractivity contribution in [2.24, 2.45) is 5.73 Å². The number of nitrogens with two attached hydrogens (primary N) is 1. The normalized spacial score (nSPS) is 10.3. The topological polar surface area (TPSA) is 35.2 Å². The van der Waals surface area contributed by atoms with Crippen LogP contribution in [0.2, 0.25) is 0 Å². The minimum absolute atomic E-state index is 0.129. The summed E-state index contributed by atoms with van der Waals surface area (Å²) in [7, 11) is 0. The molecule has 0 aliphatic carbocycles. The van der Waals surface area contributed by atoms with Gasteiger partial charge in [0.15, 0.2) is 11.6 Å². The summed E-state index contributed by atoms with van der Waals surface area (Å²) in [6, 6.07) is 9.98. The molecule has 2 nitrogen and oxygen atoms in total. The molecule has 2 aromatic rings. The van der Waals surface area contributed by atoms with Gasteiger partial charge in [0.25, 0.3) is 0 Å². The molecular weight excluding hydrogens is 329 g/mol. The van der Waals surface area contributed by atoms with E-state index in [1.807, 2.05) is 19.1 Å². The lowest BCUT2D eigenvalue weighted by Crippen LogP contribution is -2.11. The summed E-state index contributed by atoms with van der Waals surface area (Å²) in [6.45, 7) is 1.92. The molecule has 0 fully saturated rings. The molecule has 2 rings (SSSR count). The quantitative estimate of drug-likeness (QED) is 0.845. The molecule has 0 saturated carbocycles. The molecule has 0 radical (unpaired) electrons. The summed E-state index contributed by atoms with van der Waals surface area (Å²) < 4.78 is 19.9. The van der Waals surface area contributed by atoms with E-state index in [4.69, 9.17) is 22.7 Å². The minimum atomic E-state index is -0.455. The van der Waals surface area contributed by atoms with Crippen molar-refractivity contribution in [1.29, 1.82) is 0 Å². The minimum Gasteiger partial charge on any atom is -0.454 e. The van der Waals surface area contributed by atoms with Gasteiger partial charge in [-0.05, 0) is 37.3 Å². The summed E-state index contributed by atoms with van der Waals surface area (Å²) in [5.74, 6) is 0.118. The van der Waals surface area contributed by atoms with E-state index in [1.54, 1.807) is 18.2 Å². The van der Waals surface area contributed by atoms with Crippen molar-refractivity contribution < 1.29 is 9.13 Å². The van der Waals surface area contributed by atoms with E-state index in [0.717, 1.165) is 5.56 Å². The maximum absolute atomic E-state index is 13.7. The fourth-order valence-electron chi connectivity index (χ4n) is 1.60. The Morgan fingerprint density at radius 2 is 1.89 bits per heavy atom.